The van der Waals surface area contributed by atoms with Gasteiger partial charge in [0.1, 0.15) is 0 Å². The quantitative estimate of drug-likeness (QED) is 0.927. The Bertz CT molecular complexity index is 673. The number of thioether (sulfide) groups is 1. The van der Waals surface area contributed by atoms with Crippen molar-refractivity contribution in [1.82, 2.24) is 20.0 Å². The second-order valence-electron chi connectivity index (χ2n) is 6.12. The molecule has 128 valence electrons. The van der Waals surface area contributed by atoms with Gasteiger partial charge in [0.25, 0.3) is 0 Å². The van der Waals surface area contributed by atoms with Gasteiger partial charge in [-0.3, -0.25) is 0 Å². The molecule has 1 aliphatic rings. The van der Waals surface area contributed by atoms with Gasteiger partial charge in [-0.05, 0) is 43.7 Å². The molecule has 0 spiro atoms. The van der Waals surface area contributed by atoms with Crippen molar-refractivity contribution in [2.24, 2.45) is 0 Å². The second-order valence-corrected chi connectivity index (χ2v) is 7.35. The van der Waals surface area contributed by atoms with Crippen LogP contribution in [0.5, 0.6) is 0 Å². The highest BCUT2D eigenvalue weighted by Gasteiger charge is 2.24. The lowest BCUT2D eigenvalue weighted by Crippen LogP contribution is -2.46. The van der Waals surface area contributed by atoms with Gasteiger partial charge in [-0.25, -0.2) is 9.48 Å². The highest BCUT2D eigenvalue weighted by molar-refractivity contribution is 7.99. The first-order chi connectivity index (χ1) is 11.7. The number of nitrogens with one attached hydrogen (secondary N) is 1. The van der Waals surface area contributed by atoms with E-state index < -0.39 is 0 Å². The lowest BCUT2D eigenvalue weighted by atomic mass is 10.1. The van der Waals surface area contributed by atoms with Crippen molar-refractivity contribution in [2.45, 2.75) is 32.4 Å². The van der Waals surface area contributed by atoms with Gasteiger partial charge in [0.05, 0.1) is 11.7 Å². The van der Waals surface area contributed by atoms with Crippen LogP contribution in [0.15, 0.2) is 42.7 Å². The van der Waals surface area contributed by atoms with Crippen molar-refractivity contribution in [2.75, 3.05) is 18.1 Å². The molecule has 1 aliphatic heterocycles. The lowest BCUT2D eigenvalue weighted by molar-refractivity contribution is 0.180. The molecule has 1 saturated heterocycles. The number of para-hydroxylation sites is 1. The molecule has 6 heteroatoms. The normalized spacial score (nSPS) is 19.6. The van der Waals surface area contributed by atoms with Crippen molar-refractivity contribution in [1.29, 1.82) is 0 Å². The summed E-state index contributed by atoms with van der Waals surface area (Å²) in [5.74, 6) is 2.14. The number of carbonyl (C=O) groups excluding carboxylic acids is 1. The van der Waals surface area contributed by atoms with Crippen LogP contribution in [-0.4, -0.2) is 44.8 Å². The average Bonchev–Trinajstić information content (AvgIpc) is 3.03. The summed E-state index contributed by atoms with van der Waals surface area (Å²) in [6.07, 6.45) is 4.73. The number of hydrogen-bond donors (Lipinski definition) is 1. The fourth-order valence-electron chi connectivity index (χ4n) is 3.02. The van der Waals surface area contributed by atoms with Crippen molar-refractivity contribution in [3.63, 3.8) is 0 Å². The third-order valence-electron chi connectivity index (χ3n) is 4.44. The first-order valence-electron chi connectivity index (χ1n) is 8.40. The Balaban J connectivity index is 1.75. The zero-order chi connectivity index (χ0) is 16.9. The zero-order valence-electron chi connectivity index (χ0n) is 14.2. The maximum Gasteiger partial charge on any atom is 0.318 e. The van der Waals surface area contributed by atoms with Gasteiger partial charge >= 0.3 is 6.03 Å². The van der Waals surface area contributed by atoms with Crippen LogP contribution >= 0.6 is 11.8 Å². The maximum atomic E-state index is 12.7. The molecule has 1 N–H and O–H groups in total. The average molecular weight is 344 g/mol. The van der Waals surface area contributed by atoms with Crippen LogP contribution in [0.2, 0.25) is 0 Å². The molecule has 0 unspecified atom stereocenters. The van der Waals surface area contributed by atoms with Gasteiger partial charge in [-0.15, -0.1) is 0 Å². The molecule has 0 bridgehead atoms. The third-order valence-corrected chi connectivity index (χ3v) is 5.44. The highest BCUT2D eigenvalue weighted by Crippen LogP contribution is 2.22. The molecule has 3 rings (SSSR count). The fourth-order valence-corrected chi connectivity index (χ4v) is 4.05. The molecule has 2 amide bonds. The summed E-state index contributed by atoms with van der Waals surface area (Å²) in [4.78, 5) is 14.7. The van der Waals surface area contributed by atoms with Gasteiger partial charge in [-0.1, -0.05) is 18.2 Å². The zero-order valence-corrected chi connectivity index (χ0v) is 15.0. The van der Waals surface area contributed by atoms with E-state index in [1.165, 1.54) is 0 Å². The number of rotatable bonds is 3. The Morgan fingerprint density at radius 1 is 1.33 bits per heavy atom. The van der Waals surface area contributed by atoms with Gasteiger partial charge in [-0.2, -0.15) is 16.9 Å². The van der Waals surface area contributed by atoms with Gasteiger partial charge in [0.15, 0.2) is 0 Å². The number of nitrogens with zero attached hydrogens (tertiary/aromatic N) is 3. The minimum absolute atomic E-state index is 0.0211. The van der Waals surface area contributed by atoms with E-state index >= 15 is 0 Å². The van der Waals surface area contributed by atoms with E-state index in [1.807, 2.05) is 64.8 Å². The van der Waals surface area contributed by atoms with Gasteiger partial charge in [0, 0.05) is 30.7 Å². The molecule has 2 atom stereocenters. The van der Waals surface area contributed by atoms with Crippen LogP contribution in [-0.2, 0) is 0 Å². The summed E-state index contributed by atoms with van der Waals surface area (Å²) in [6, 6.07) is 10.2. The van der Waals surface area contributed by atoms with E-state index in [-0.39, 0.29) is 18.1 Å². The molecular formula is C18H24N4OS. The first-order valence-corrected chi connectivity index (χ1v) is 9.56. The molecule has 24 heavy (non-hydrogen) atoms. The van der Waals surface area contributed by atoms with E-state index in [0.29, 0.717) is 0 Å². The Labute approximate surface area is 147 Å². The minimum atomic E-state index is -0.0824. The van der Waals surface area contributed by atoms with Crippen LogP contribution in [0.4, 0.5) is 4.79 Å². The molecule has 1 aromatic heterocycles. The number of hydrogen-bond acceptors (Lipinski definition) is 3. The SMILES string of the molecule is C[C@H](NC(=O)N1CCSCC[C@@H]1C)c1ccccc1-n1cccn1. The lowest BCUT2D eigenvalue weighted by Gasteiger charge is -2.29. The predicted octanol–water partition coefficient (Wildman–Crippen LogP) is 3.47. The van der Waals surface area contributed by atoms with Crippen molar-refractivity contribution in [3.05, 3.63) is 48.3 Å². The van der Waals surface area contributed by atoms with E-state index in [4.69, 9.17) is 0 Å². The molecule has 5 nitrogen and oxygen atoms in total. The Kier molecular flexibility index (Phi) is 5.45. The molecule has 1 fully saturated rings. The van der Waals surface area contributed by atoms with Crippen LogP contribution in [0.1, 0.15) is 31.9 Å². The largest absolute Gasteiger partial charge is 0.331 e. The predicted molar refractivity (Wildman–Crippen MR) is 98.6 cm³/mol. The van der Waals surface area contributed by atoms with Crippen molar-refractivity contribution >= 4 is 17.8 Å². The third kappa shape index (κ3) is 3.75. The number of urea groups is 1. The number of benzene rings is 1. The Morgan fingerprint density at radius 2 is 2.17 bits per heavy atom. The molecule has 1 aromatic carbocycles. The smallest absolute Gasteiger partial charge is 0.318 e. The van der Waals surface area contributed by atoms with Crippen molar-refractivity contribution in [3.8, 4) is 5.69 Å². The van der Waals surface area contributed by atoms with Crippen molar-refractivity contribution < 1.29 is 4.79 Å². The molecule has 0 aliphatic carbocycles. The number of carbonyl (C=O) groups is 1. The summed E-state index contributed by atoms with van der Waals surface area (Å²) in [5.41, 5.74) is 2.06. The molecule has 2 heterocycles. The van der Waals surface area contributed by atoms with E-state index in [2.05, 4.69) is 17.3 Å². The van der Waals surface area contributed by atoms with E-state index in [1.54, 1.807) is 6.20 Å². The van der Waals surface area contributed by atoms with Crippen LogP contribution in [0.25, 0.3) is 5.69 Å². The summed E-state index contributed by atoms with van der Waals surface area (Å²) in [5, 5.41) is 7.48. The minimum Gasteiger partial charge on any atom is -0.331 e. The summed E-state index contributed by atoms with van der Waals surface area (Å²) in [6.45, 7) is 4.97. The van der Waals surface area contributed by atoms with Crippen LogP contribution in [0, 0.1) is 0 Å². The number of amides is 2. The molecule has 0 radical (unpaired) electrons. The maximum absolute atomic E-state index is 12.7. The summed E-state index contributed by atoms with van der Waals surface area (Å²) in [7, 11) is 0. The van der Waals surface area contributed by atoms with Crippen LogP contribution in [0.3, 0.4) is 0 Å². The van der Waals surface area contributed by atoms with Gasteiger partial charge in [0.2, 0.25) is 0 Å². The standard InChI is InChI=1S/C18H24N4OS/c1-14-8-12-24-13-11-21(14)18(23)20-15(2)16-6-3-4-7-17(16)22-10-5-9-19-22/h3-7,9-10,14-15H,8,11-13H2,1-2H3,(H,20,23)/t14-,15-/m0/s1. The highest BCUT2D eigenvalue weighted by atomic mass is 32.2. The fraction of sp³-hybridized carbons (Fsp3) is 0.444. The van der Waals surface area contributed by atoms with Gasteiger partial charge < -0.3 is 10.2 Å². The Morgan fingerprint density at radius 3 is 2.96 bits per heavy atom. The number of aromatic nitrogens is 2. The first kappa shape index (κ1) is 16.9. The second kappa shape index (κ2) is 7.75. The summed E-state index contributed by atoms with van der Waals surface area (Å²) >= 11 is 1.92. The molecule has 2 aromatic rings. The van der Waals surface area contributed by atoms with E-state index in [9.17, 15) is 4.79 Å². The Hall–Kier alpha value is -1.95. The molecular weight excluding hydrogens is 320 g/mol. The van der Waals surface area contributed by atoms with E-state index in [0.717, 1.165) is 35.7 Å². The van der Waals surface area contributed by atoms with Crippen LogP contribution < -0.4 is 5.32 Å². The molecule has 0 saturated carbocycles. The topological polar surface area (TPSA) is 50.2 Å². The summed E-state index contributed by atoms with van der Waals surface area (Å²) < 4.78 is 1.84. The monoisotopic (exact) mass is 344 g/mol.